The van der Waals surface area contributed by atoms with Crippen molar-refractivity contribution < 1.29 is 23.9 Å². The highest BCUT2D eigenvalue weighted by atomic mass is 35.5. The third-order valence-electron chi connectivity index (χ3n) is 3.58. The molecule has 1 aliphatic rings. The molecule has 0 spiro atoms. The molecule has 136 valence electrons. The number of benzene rings is 2. The molecule has 1 aliphatic heterocycles. The predicted molar refractivity (Wildman–Crippen MR) is 93.8 cm³/mol. The molecule has 3 rings (SSSR count). The summed E-state index contributed by atoms with van der Waals surface area (Å²) in [5.41, 5.74) is 0.184. The second-order valence-electron chi connectivity index (χ2n) is 5.46. The Balaban J connectivity index is 1.86. The van der Waals surface area contributed by atoms with E-state index in [0.29, 0.717) is 18.8 Å². The summed E-state index contributed by atoms with van der Waals surface area (Å²) in [7, 11) is 0. The van der Waals surface area contributed by atoms with Gasteiger partial charge in [-0.2, -0.15) is 0 Å². The van der Waals surface area contributed by atoms with Crippen molar-refractivity contribution in [3.63, 3.8) is 0 Å². The molecule has 0 N–H and O–H groups in total. The number of nitrogens with zero attached hydrogens (tertiary/aromatic N) is 1. The summed E-state index contributed by atoms with van der Waals surface area (Å²) in [6, 6.07) is 8.33. The molecular weight excluding hydrogens is 385 g/mol. The zero-order chi connectivity index (χ0) is 18.7. The van der Waals surface area contributed by atoms with Gasteiger partial charge in [0.2, 0.25) is 5.75 Å². The number of carbonyl (C=O) groups is 1. The molecule has 9 heteroatoms. The minimum absolute atomic E-state index is 0.0832. The number of hydrogen-bond donors (Lipinski definition) is 0. The molecule has 1 fully saturated rings. The molecule has 2 aromatic rings. The van der Waals surface area contributed by atoms with Crippen LogP contribution in [-0.2, 0) is 9.47 Å². The fourth-order valence-corrected chi connectivity index (χ4v) is 2.95. The summed E-state index contributed by atoms with van der Waals surface area (Å²) in [5.74, 6) is -1.01. The Bertz CT molecular complexity index is 831. The van der Waals surface area contributed by atoms with Crippen LogP contribution in [0.2, 0.25) is 10.0 Å². The molecule has 26 heavy (non-hydrogen) atoms. The third kappa shape index (κ3) is 4.31. The van der Waals surface area contributed by atoms with Crippen LogP contribution in [0.3, 0.4) is 0 Å². The van der Waals surface area contributed by atoms with Crippen molar-refractivity contribution in [2.24, 2.45) is 0 Å². The highest BCUT2D eigenvalue weighted by Gasteiger charge is 2.24. The Hall–Kier alpha value is -2.19. The monoisotopic (exact) mass is 397 g/mol. The van der Waals surface area contributed by atoms with E-state index in [1.54, 1.807) is 6.07 Å². The topological polar surface area (TPSA) is 87.9 Å². The second kappa shape index (κ2) is 8.01. The minimum Gasteiger partial charge on any atom is -0.416 e. The maximum Gasteiger partial charge on any atom is 0.343 e. The van der Waals surface area contributed by atoms with Crippen LogP contribution in [0.4, 0.5) is 5.69 Å². The van der Waals surface area contributed by atoms with Gasteiger partial charge in [-0.05, 0) is 36.8 Å². The zero-order valence-electron chi connectivity index (χ0n) is 13.3. The summed E-state index contributed by atoms with van der Waals surface area (Å²) in [6.07, 6.45) is 0.0789. The van der Waals surface area contributed by atoms with E-state index in [-0.39, 0.29) is 27.0 Å². The van der Waals surface area contributed by atoms with Crippen molar-refractivity contribution in [2.45, 2.75) is 12.7 Å². The van der Waals surface area contributed by atoms with Gasteiger partial charge in [0.15, 0.2) is 6.29 Å². The van der Waals surface area contributed by atoms with Gasteiger partial charge >= 0.3 is 11.7 Å². The van der Waals surface area contributed by atoms with E-state index in [4.69, 9.17) is 37.4 Å². The number of rotatable bonds is 4. The lowest BCUT2D eigenvalue weighted by atomic mass is 10.1. The van der Waals surface area contributed by atoms with Gasteiger partial charge in [-0.25, -0.2) is 4.79 Å². The van der Waals surface area contributed by atoms with E-state index in [9.17, 15) is 14.9 Å². The average Bonchev–Trinajstić information content (AvgIpc) is 2.61. The Kier molecular flexibility index (Phi) is 5.73. The Labute approximate surface area is 158 Å². The van der Waals surface area contributed by atoms with E-state index in [1.165, 1.54) is 30.3 Å². The maximum absolute atomic E-state index is 12.3. The van der Waals surface area contributed by atoms with Crippen LogP contribution in [0.15, 0.2) is 36.4 Å². The highest BCUT2D eigenvalue weighted by Crippen LogP contribution is 2.33. The lowest BCUT2D eigenvalue weighted by Crippen LogP contribution is -2.18. The lowest BCUT2D eigenvalue weighted by molar-refractivity contribution is -0.385. The molecule has 0 unspecified atom stereocenters. The Morgan fingerprint density at radius 1 is 1.12 bits per heavy atom. The fraction of sp³-hybridized carbons (Fsp3) is 0.235. The van der Waals surface area contributed by atoms with Crippen molar-refractivity contribution in [1.29, 1.82) is 0 Å². The lowest BCUT2D eigenvalue weighted by Gasteiger charge is -2.23. The number of nitro benzene ring substituents is 1. The first-order valence-electron chi connectivity index (χ1n) is 7.64. The van der Waals surface area contributed by atoms with Crippen molar-refractivity contribution in [1.82, 2.24) is 0 Å². The van der Waals surface area contributed by atoms with Crippen LogP contribution in [0, 0.1) is 10.1 Å². The van der Waals surface area contributed by atoms with Crippen LogP contribution in [0.1, 0.15) is 28.6 Å². The van der Waals surface area contributed by atoms with Gasteiger partial charge in [-0.1, -0.05) is 23.2 Å². The molecule has 0 atom stereocenters. The van der Waals surface area contributed by atoms with E-state index in [1.807, 2.05) is 0 Å². The van der Waals surface area contributed by atoms with Crippen LogP contribution in [-0.4, -0.2) is 24.1 Å². The fourth-order valence-electron chi connectivity index (χ4n) is 2.42. The Morgan fingerprint density at radius 3 is 2.38 bits per heavy atom. The van der Waals surface area contributed by atoms with Crippen molar-refractivity contribution in [3.05, 3.63) is 67.7 Å². The van der Waals surface area contributed by atoms with Crippen molar-refractivity contribution in [2.75, 3.05) is 13.2 Å². The first-order chi connectivity index (χ1) is 12.4. The largest absolute Gasteiger partial charge is 0.416 e. The molecule has 0 radical (unpaired) electrons. The van der Waals surface area contributed by atoms with Gasteiger partial charge in [-0.15, -0.1) is 0 Å². The summed E-state index contributed by atoms with van der Waals surface area (Å²) >= 11 is 11.7. The van der Waals surface area contributed by atoms with Crippen LogP contribution in [0.25, 0.3) is 0 Å². The number of halogens is 2. The smallest absolute Gasteiger partial charge is 0.343 e. The molecule has 1 heterocycles. The van der Waals surface area contributed by atoms with Gasteiger partial charge in [0, 0.05) is 21.7 Å². The average molecular weight is 398 g/mol. The maximum atomic E-state index is 12.3. The standard InChI is InChI=1S/C17H13Cl2NO6/c18-12-6-11(7-13(19)9-12)16(21)26-15-3-2-10(8-14(15)20(22)23)17-24-4-1-5-25-17/h2-3,6-9,17H,1,4-5H2. The molecular formula is C17H13Cl2NO6. The molecule has 2 aromatic carbocycles. The highest BCUT2D eigenvalue weighted by molar-refractivity contribution is 6.35. The first kappa shape index (κ1) is 18.6. The van der Waals surface area contributed by atoms with Crippen LogP contribution >= 0.6 is 23.2 Å². The molecule has 7 nitrogen and oxygen atoms in total. The predicted octanol–water partition coefficient (Wildman–Crippen LogP) is 4.56. The van der Waals surface area contributed by atoms with E-state index in [2.05, 4.69) is 0 Å². The normalized spacial score (nSPS) is 14.8. The summed E-state index contributed by atoms with van der Waals surface area (Å²) in [5, 5.41) is 11.9. The second-order valence-corrected chi connectivity index (χ2v) is 6.33. The number of nitro groups is 1. The zero-order valence-corrected chi connectivity index (χ0v) is 14.8. The summed E-state index contributed by atoms with van der Waals surface area (Å²) in [6.45, 7) is 1.01. The SMILES string of the molecule is O=C(Oc1ccc(C2OCCCO2)cc1[N+](=O)[O-])c1cc(Cl)cc(Cl)c1. The first-order valence-corrected chi connectivity index (χ1v) is 8.39. The van der Waals surface area contributed by atoms with Gasteiger partial charge in [0.05, 0.1) is 23.7 Å². The minimum atomic E-state index is -0.810. The number of hydrogen-bond acceptors (Lipinski definition) is 6. The summed E-state index contributed by atoms with van der Waals surface area (Å²) < 4.78 is 16.0. The van der Waals surface area contributed by atoms with Gasteiger partial charge in [-0.3, -0.25) is 10.1 Å². The molecule has 1 saturated heterocycles. The number of esters is 1. The van der Waals surface area contributed by atoms with Crippen LogP contribution in [0.5, 0.6) is 5.75 Å². The molecule has 0 aromatic heterocycles. The van der Waals surface area contributed by atoms with Gasteiger partial charge < -0.3 is 14.2 Å². The number of ether oxygens (including phenoxy) is 3. The van der Waals surface area contributed by atoms with Crippen LogP contribution < -0.4 is 4.74 Å². The number of carbonyl (C=O) groups excluding carboxylic acids is 1. The summed E-state index contributed by atoms with van der Waals surface area (Å²) in [4.78, 5) is 23.0. The van der Waals surface area contributed by atoms with Gasteiger partial charge in [0.25, 0.3) is 0 Å². The van der Waals surface area contributed by atoms with Gasteiger partial charge in [0.1, 0.15) is 0 Å². The van der Waals surface area contributed by atoms with Crippen molar-refractivity contribution >= 4 is 34.9 Å². The van der Waals surface area contributed by atoms with E-state index in [0.717, 1.165) is 6.42 Å². The Morgan fingerprint density at radius 2 is 1.77 bits per heavy atom. The molecule has 0 aliphatic carbocycles. The quantitative estimate of drug-likeness (QED) is 0.325. The molecule has 0 amide bonds. The third-order valence-corrected chi connectivity index (χ3v) is 4.02. The van der Waals surface area contributed by atoms with E-state index >= 15 is 0 Å². The molecule has 0 saturated carbocycles. The van der Waals surface area contributed by atoms with E-state index < -0.39 is 17.2 Å². The molecule has 0 bridgehead atoms. The van der Waals surface area contributed by atoms with Crippen molar-refractivity contribution in [3.8, 4) is 5.75 Å².